The van der Waals surface area contributed by atoms with Crippen molar-refractivity contribution < 1.29 is 8.78 Å². The van der Waals surface area contributed by atoms with E-state index in [1.54, 1.807) is 0 Å². The highest BCUT2D eigenvalue weighted by molar-refractivity contribution is 5.79. The lowest BCUT2D eigenvalue weighted by Gasteiger charge is -2.12. The van der Waals surface area contributed by atoms with Crippen LogP contribution in [0.1, 0.15) is 43.3 Å². The highest BCUT2D eigenvalue weighted by Crippen LogP contribution is 2.15. The van der Waals surface area contributed by atoms with Crippen LogP contribution in [0.4, 0.5) is 8.78 Å². The summed E-state index contributed by atoms with van der Waals surface area (Å²) in [5.74, 6) is -0.367. The molecule has 0 fully saturated rings. The van der Waals surface area contributed by atoms with Crippen LogP contribution in [0.2, 0.25) is 0 Å². The van der Waals surface area contributed by atoms with Crippen molar-refractivity contribution in [2.45, 2.75) is 46.7 Å². The quantitative estimate of drug-likeness (QED) is 0.587. The van der Waals surface area contributed by atoms with Crippen LogP contribution >= 0.6 is 0 Å². The monoisotopic (exact) mass is 363 g/mol. The minimum atomic E-state index is -0.468. The number of rotatable bonds is 7. The van der Waals surface area contributed by atoms with Crippen molar-refractivity contribution in [1.82, 2.24) is 20.4 Å². The fourth-order valence-corrected chi connectivity index (χ4v) is 2.94. The van der Waals surface area contributed by atoms with Gasteiger partial charge in [0.2, 0.25) is 0 Å². The van der Waals surface area contributed by atoms with Gasteiger partial charge in [0.05, 0.1) is 12.2 Å². The average Bonchev–Trinajstić information content (AvgIpc) is 2.94. The second-order valence-electron chi connectivity index (χ2n) is 5.99. The molecule has 2 rings (SSSR count). The Labute approximate surface area is 153 Å². The number of guanidine groups is 1. The zero-order chi connectivity index (χ0) is 19.1. The predicted octanol–water partition coefficient (Wildman–Crippen LogP) is 3.08. The summed E-state index contributed by atoms with van der Waals surface area (Å²) in [5, 5.41) is 11.0. The molecule has 7 heteroatoms. The van der Waals surface area contributed by atoms with E-state index in [-0.39, 0.29) is 12.1 Å². The van der Waals surface area contributed by atoms with Crippen molar-refractivity contribution in [1.29, 1.82) is 0 Å². The minimum Gasteiger partial charge on any atom is -0.357 e. The fourth-order valence-electron chi connectivity index (χ4n) is 2.94. The molecule has 0 saturated carbocycles. The van der Waals surface area contributed by atoms with E-state index in [4.69, 9.17) is 0 Å². The Bertz CT molecular complexity index is 768. The van der Waals surface area contributed by atoms with E-state index in [9.17, 15) is 8.78 Å². The molecule has 0 spiro atoms. The molecule has 1 aromatic carbocycles. The van der Waals surface area contributed by atoms with Gasteiger partial charge in [-0.15, -0.1) is 0 Å². The van der Waals surface area contributed by atoms with Gasteiger partial charge in [-0.3, -0.25) is 4.68 Å². The summed E-state index contributed by atoms with van der Waals surface area (Å²) < 4.78 is 29.0. The molecule has 26 heavy (non-hydrogen) atoms. The van der Waals surface area contributed by atoms with E-state index in [1.165, 1.54) is 17.3 Å². The zero-order valence-corrected chi connectivity index (χ0v) is 15.9. The third-order valence-electron chi connectivity index (χ3n) is 4.22. The molecule has 142 valence electrons. The molecule has 0 radical (unpaired) electrons. The van der Waals surface area contributed by atoms with Crippen molar-refractivity contribution in [3.8, 4) is 0 Å². The summed E-state index contributed by atoms with van der Waals surface area (Å²) in [6, 6.07) is 3.40. The number of aromatic nitrogens is 2. The van der Waals surface area contributed by atoms with E-state index in [1.807, 2.05) is 18.7 Å². The maximum atomic E-state index is 13.8. The molecule has 0 unspecified atom stereocenters. The van der Waals surface area contributed by atoms with E-state index in [2.05, 4.69) is 34.6 Å². The van der Waals surface area contributed by atoms with Gasteiger partial charge in [0, 0.05) is 37.0 Å². The fraction of sp³-hybridized carbons (Fsp3) is 0.474. The summed E-state index contributed by atoms with van der Waals surface area (Å²) in [6.07, 6.45) is 1.75. The number of nitrogens with one attached hydrogen (secondary N) is 2. The first-order valence-electron chi connectivity index (χ1n) is 8.99. The van der Waals surface area contributed by atoms with Crippen LogP contribution < -0.4 is 10.6 Å². The van der Waals surface area contributed by atoms with Crippen LogP contribution in [-0.4, -0.2) is 22.3 Å². The molecule has 2 aromatic rings. The van der Waals surface area contributed by atoms with Crippen molar-refractivity contribution in [2.24, 2.45) is 12.0 Å². The number of halogens is 2. The van der Waals surface area contributed by atoms with E-state index in [0.717, 1.165) is 30.7 Å². The van der Waals surface area contributed by atoms with Gasteiger partial charge in [-0.25, -0.2) is 13.8 Å². The zero-order valence-electron chi connectivity index (χ0n) is 15.9. The van der Waals surface area contributed by atoms with Crippen LogP contribution in [0, 0.1) is 11.6 Å². The highest BCUT2D eigenvalue weighted by atomic mass is 19.1. The third kappa shape index (κ3) is 4.80. The van der Waals surface area contributed by atoms with Gasteiger partial charge in [0.15, 0.2) is 5.96 Å². The SMILES string of the molecule is CCNC(=NCc1cc(F)ccc1F)NCc1c(CC)nn(C)c1CC. The molecule has 0 saturated heterocycles. The lowest BCUT2D eigenvalue weighted by Crippen LogP contribution is -2.37. The summed E-state index contributed by atoms with van der Waals surface area (Å²) in [6.45, 7) is 7.46. The van der Waals surface area contributed by atoms with Gasteiger partial charge in [0.1, 0.15) is 11.6 Å². The lowest BCUT2D eigenvalue weighted by atomic mass is 10.1. The normalized spacial score (nSPS) is 11.7. The second-order valence-corrected chi connectivity index (χ2v) is 5.99. The third-order valence-corrected chi connectivity index (χ3v) is 4.22. The Morgan fingerprint density at radius 3 is 2.58 bits per heavy atom. The van der Waals surface area contributed by atoms with E-state index in [0.29, 0.717) is 19.0 Å². The van der Waals surface area contributed by atoms with Gasteiger partial charge < -0.3 is 10.6 Å². The summed E-state index contributed by atoms with van der Waals surface area (Å²) in [7, 11) is 1.95. The smallest absolute Gasteiger partial charge is 0.191 e. The highest BCUT2D eigenvalue weighted by Gasteiger charge is 2.14. The number of aliphatic imine (C=N–C) groups is 1. The molecule has 0 aliphatic rings. The summed E-state index contributed by atoms with van der Waals surface area (Å²) in [5.41, 5.74) is 3.64. The summed E-state index contributed by atoms with van der Waals surface area (Å²) in [4.78, 5) is 4.38. The van der Waals surface area contributed by atoms with Gasteiger partial charge >= 0.3 is 0 Å². The number of benzene rings is 1. The molecular weight excluding hydrogens is 336 g/mol. The number of hydrogen-bond acceptors (Lipinski definition) is 2. The van der Waals surface area contributed by atoms with E-state index < -0.39 is 11.6 Å². The van der Waals surface area contributed by atoms with Crippen LogP contribution in [0.25, 0.3) is 0 Å². The topological polar surface area (TPSA) is 54.2 Å². The Balaban J connectivity index is 2.14. The molecule has 0 atom stereocenters. The van der Waals surface area contributed by atoms with Gasteiger partial charge in [-0.2, -0.15) is 5.10 Å². The lowest BCUT2D eigenvalue weighted by molar-refractivity contribution is 0.585. The molecule has 1 aromatic heterocycles. The van der Waals surface area contributed by atoms with Crippen LogP contribution in [-0.2, 0) is 33.0 Å². The summed E-state index contributed by atoms with van der Waals surface area (Å²) >= 11 is 0. The first kappa shape index (κ1) is 19.9. The van der Waals surface area contributed by atoms with Gasteiger partial charge in [0.25, 0.3) is 0 Å². The largest absolute Gasteiger partial charge is 0.357 e. The first-order valence-corrected chi connectivity index (χ1v) is 8.99. The number of hydrogen-bond donors (Lipinski definition) is 2. The number of nitrogens with zero attached hydrogens (tertiary/aromatic N) is 3. The molecule has 2 N–H and O–H groups in total. The Kier molecular flexibility index (Phi) is 7.12. The van der Waals surface area contributed by atoms with Crippen LogP contribution in [0.15, 0.2) is 23.2 Å². The predicted molar refractivity (Wildman–Crippen MR) is 100.0 cm³/mol. The van der Waals surface area contributed by atoms with E-state index >= 15 is 0 Å². The van der Waals surface area contributed by atoms with Crippen molar-refractivity contribution >= 4 is 5.96 Å². The van der Waals surface area contributed by atoms with Crippen molar-refractivity contribution in [3.05, 3.63) is 52.3 Å². The Morgan fingerprint density at radius 2 is 1.92 bits per heavy atom. The maximum absolute atomic E-state index is 13.8. The number of aryl methyl sites for hydroxylation is 2. The molecule has 0 aliphatic carbocycles. The maximum Gasteiger partial charge on any atom is 0.191 e. The minimum absolute atomic E-state index is 0.0627. The molecule has 0 amide bonds. The molecule has 0 bridgehead atoms. The standard InChI is InChI=1S/C19H27F2N5/c1-5-17-15(18(6-2)26(4)25-17)12-24-19(22-7-3)23-11-13-10-14(20)8-9-16(13)21/h8-10H,5-7,11-12H2,1-4H3,(H2,22,23,24). The van der Waals surface area contributed by atoms with Gasteiger partial charge in [-0.1, -0.05) is 13.8 Å². The molecule has 1 heterocycles. The molecule has 5 nitrogen and oxygen atoms in total. The second kappa shape index (κ2) is 9.31. The van der Waals surface area contributed by atoms with Crippen molar-refractivity contribution in [3.63, 3.8) is 0 Å². The van der Waals surface area contributed by atoms with Crippen LogP contribution in [0.5, 0.6) is 0 Å². The first-order chi connectivity index (χ1) is 12.5. The molecular formula is C19H27F2N5. The Morgan fingerprint density at radius 1 is 1.15 bits per heavy atom. The molecule has 0 aliphatic heterocycles. The van der Waals surface area contributed by atoms with Gasteiger partial charge in [-0.05, 0) is 38.0 Å². The van der Waals surface area contributed by atoms with Crippen molar-refractivity contribution in [2.75, 3.05) is 6.54 Å². The average molecular weight is 363 g/mol. The Hall–Kier alpha value is -2.44. The van der Waals surface area contributed by atoms with Crippen LogP contribution in [0.3, 0.4) is 0 Å².